The van der Waals surface area contributed by atoms with Crippen molar-refractivity contribution in [3.8, 4) is 0 Å². The Kier molecular flexibility index (Phi) is 9.31. The summed E-state index contributed by atoms with van der Waals surface area (Å²) in [6, 6.07) is 19.4. The number of carbonyl (C=O) groups excluding carboxylic acids is 3. The molecule has 1 saturated heterocycles. The maximum Gasteiger partial charge on any atom is 0.338 e. The van der Waals surface area contributed by atoms with E-state index in [9.17, 15) is 14.4 Å². The van der Waals surface area contributed by atoms with Gasteiger partial charge in [-0.1, -0.05) is 48.5 Å². The first kappa shape index (κ1) is 27.5. The Balaban J connectivity index is 1.29. The Bertz CT molecular complexity index is 1310. The van der Waals surface area contributed by atoms with Crippen molar-refractivity contribution in [3.05, 3.63) is 99.0 Å². The predicted molar refractivity (Wildman–Crippen MR) is 149 cm³/mol. The van der Waals surface area contributed by atoms with Crippen molar-refractivity contribution < 1.29 is 23.9 Å². The number of hydrogen-bond donors (Lipinski definition) is 1. The molecule has 1 atom stereocenters. The van der Waals surface area contributed by atoms with Gasteiger partial charge in [-0.15, -0.1) is 0 Å². The van der Waals surface area contributed by atoms with E-state index in [4.69, 9.17) is 15.2 Å². The summed E-state index contributed by atoms with van der Waals surface area (Å²) in [4.78, 5) is 40.3. The molecule has 0 aliphatic carbocycles. The third-order valence-electron chi connectivity index (χ3n) is 6.64. The molecule has 198 valence electrons. The number of anilines is 1. The van der Waals surface area contributed by atoms with Crippen LogP contribution in [-0.2, 0) is 20.8 Å². The standard InChI is InChI=1S/C30H31BrN2O5/c1-20(22-10-7-11-23(16-22)28(34)21-8-3-2-4-9-21)29(35)37-14-15-38-30(36)24-17-25(27(32)26(31)18-24)19-33-12-5-6-13-33/h2-4,7-11,16-18,20H,5-6,12-15,19,32H2,1H3. The molecule has 8 heteroatoms. The summed E-state index contributed by atoms with van der Waals surface area (Å²) in [7, 11) is 0. The summed E-state index contributed by atoms with van der Waals surface area (Å²) in [5.74, 6) is -1.67. The largest absolute Gasteiger partial charge is 0.462 e. The topological polar surface area (TPSA) is 98.9 Å². The molecule has 1 aliphatic rings. The lowest BCUT2D eigenvalue weighted by atomic mass is 9.96. The van der Waals surface area contributed by atoms with Crippen molar-refractivity contribution in [3.63, 3.8) is 0 Å². The van der Waals surface area contributed by atoms with Crippen LogP contribution in [0.25, 0.3) is 0 Å². The van der Waals surface area contributed by atoms with Crippen LogP contribution in [0.3, 0.4) is 0 Å². The number of hydrogen-bond acceptors (Lipinski definition) is 7. The van der Waals surface area contributed by atoms with E-state index < -0.39 is 17.9 Å². The molecule has 0 bridgehead atoms. The first-order valence-electron chi connectivity index (χ1n) is 12.7. The van der Waals surface area contributed by atoms with Gasteiger partial charge in [-0.05, 0) is 78.1 Å². The van der Waals surface area contributed by atoms with Gasteiger partial charge in [0.1, 0.15) is 13.2 Å². The number of nitrogens with two attached hydrogens (primary N) is 1. The van der Waals surface area contributed by atoms with Crippen LogP contribution in [0.15, 0.2) is 71.2 Å². The molecule has 1 unspecified atom stereocenters. The van der Waals surface area contributed by atoms with Crippen molar-refractivity contribution in [2.75, 3.05) is 32.0 Å². The highest BCUT2D eigenvalue weighted by molar-refractivity contribution is 9.10. The van der Waals surface area contributed by atoms with Crippen LogP contribution in [0.2, 0.25) is 0 Å². The summed E-state index contributed by atoms with van der Waals surface area (Å²) in [5, 5.41) is 0. The number of nitrogen functional groups attached to an aromatic ring is 1. The number of rotatable bonds is 10. The van der Waals surface area contributed by atoms with Crippen LogP contribution < -0.4 is 5.73 Å². The van der Waals surface area contributed by atoms with Gasteiger partial charge < -0.3 is 15.2 Å². The van der Waals surface area contributed by atoms with Crippen LogP contribution in [0.4, 0.5) is 5.69 Å². The Hall–Kier alpha value is -3.49. The van der Waals surface area contributed by atoms with E-state index >= 15 is 0 Å². The Labute approximate surface area is 231 Å². The smallest absolute Gasteiger partial charge is 0.338 e. The van der Waals surface area contributed by atoms with Gasteiger partial charge >= 0.3 is 11.9 Å². The van der Waals surface area contributed by atoms with Crippen molar-refractivity contribution in [2.45, 2.75) is 32.2 Å². The molecule has 0 saturated carbocycles. The molecule has 2 N–H and O–H groups in total. The second-order valence-corrected chi connectivity index (χ2v) is 10.2. The van der Waals surface area contributed by atoms with Gasteiger partial charge in [-0.3, -0.25) is 14.5 Å². The Morgan fingerprint density at radius 3 is 2.32 bits per heavy atom. The molecule has 0 spiro atoms. The molecule has 0 amide bonds. The quantitative estimate of drug-likeness (QED) is 0.149. The summed E-state index contributed by atoms with van der Waals surface area (Å²) in [5.41, 5.74) is 9.85. The summed E-state index contributed by atoms with van der Waals surface area (Å²) in [6.07, 6.45) is 2.33. The molecule has 3 aromatic rings. The fourth-order valence-corrected chi connectivity index (χ4v) is 4.93. The van der Waals surface area contributed by atoms with Crippen molar-refractivity contribution in [2.24, 2.45) is 0 Å². The number of benzene rings is 3. The highest BCUT2D eigenvalue weighted by Crippen LogP contribution is 2.28. The average Bonchev–Trinajstić information content (AvgIpc) is 3.46. The Morgan fingerprint density at radius 2 is 1.58 bits per heavy atom. The number of esters is 2. The van der Waals surface area contributed by atoms with Gasteiger partial charge in [-0.2, -0.15) is 0 Å². The zero-order valence-electron chi connectivity index (χ0n) is 21.3. The zero-order chi connectivity index (χ0) is 27.1. The lowest BCUT2D eigenvalue weighted by molar-refractivity contribution is -0.146. The van der Waals surface area contributed by atoms with Crippen molar-refractivity contribution >= 4 is 39.3 Å². The molecule has 1 aliphatic heterocycles. The maximum absolute atomic E-state index is 12.8. The molecule has 3 aromatic carbocycles. The monoisotopic (exact) mass is 578 g/mol. The third-order valence-corrected chi connectivity index (χ3v) is 7.30. The minimum Gasteiger partial charge on any atom is -0.462 e. The van der Waals surface area contributed by atoms with Gasteiger partial charge in [0.25, 0.3) is 0 Å². The molecule has 1 fully saturated rings. The van der Waals surface area contributed by atoms with E-state index in [1.165, 1.54) is 0 Å². The minimum atomic E-state index is -0.588. The lowest BCUT2D eigenvalue weighted by Crippen LogP contribution is -2.20. The Morgan fingerprint density at radius 1 is 0.895 bits per heavy atom. The van der Waals surface area contributed by atoms with Gasteiger partial charge in [-0.25, -0.2) is 4.79 Å². The van der Waals surface area contributed by atoms with E-state index in [1.807, 2.05) is 18.2 Å². The first-order chi connectivity index (χ1) is 18.3. The molecule has 7 nitrogen and oxygen atoms in total. The van der Waals surface area contributed by atoms with Crippen LogP contribution in [-0.4, -0.2) is 48.9 Å². The normalized spacial score (nSPS) is 14.2. The molecule has 1 heterocycles. The van der Waals surface area contributed by atoms with E-state index in [0.717, 1.165) is 31.5 Å². The number of nitrogens with zero attached hydrogens (tertiary/aromatic N) is 1. The summed E-state index contributed by atoms with van der Waals surface area (Å²) < 4.78 is 11.3. The van der Waals surface area contributed by atoms with Crippen molar-refractivity contribution in [1.82, 2.24) is 4.90 Å². The third kappa shape index (κ3) is 6.88. The highest BCUT2D eigenvalue weighted by Gasteiger charge is 2.20. The number of carbonyl (C=O) groups is 3. The van der Waals surface area contributed by atoms with E-state index in [-0.39, 0.29) is 19.0 Å². The fourth-order valence-electron chi connectivity index (χ4n) is 4.43. The number of halogens is 1. The zero-order valence-corrected chi connectivity index (χ0v) is 22.9. The van der Waals surface area contributed by atoms with Crippen LogP contribution in [0, 0.1) is 0 Å². The molecular formula is C30H31BrN2O5. The van der Waals surface area contributed by atoms with Crippen LogP contribution in [0.1, 0.15) is 63.1 Å². The second kappa shape index (κ2) is 12.8. The highest BCUT2D eigenvalue weighted by atomic mass is 79.9. The first-order valence-corrected chi connectivity index (χ1v) is 13.5. The summed E-state index contributed by atoms with van der Waals surface area (Å²) in [6.45, 7) is 4.28. The van der Waals surface area contributed by atoms with Crippen LogP contribution >= 0.6 is 15.9 Å². The molecule has 38 heavy (non-hydrogen) atoms. The molecule has 0 radical (unpaired) electrons. The van der Waals surface area contributed by atoms with E-state index in [0.29, 0.717) is 39.0 Å². The van der Waals surface area contributed by atoms with Gasteiger partial charge in [0.15, 0.2) is 5.78 Å². The van der Waals surface area contributed by atoms with E-state index in [2.05, 4.69) is 20.8 Å². The fraction of sp³-hybridized carbons (Fsp3) is 0.300. The van der Waals surface area contributed by atoms with Crippen LogP contribution in [0.5, 0.6) is 0 Å². The number of likely N-dealkylation sites (tertiary alicyclic amines) is 1. The SMILES string of the molecule is CC(C(=O)OCCOC(=O)c1cc(Br)c(N)c(CN2CCCC2)c1)c1cccc(C(=O)c2ccccc2)c1. The second-order valence-electron chi connectivity index (χ2n) is 9.36. The summed E-state index contributed by atoms with van der Waals surface area (Å²) >= 11 is 3.44. The molecule has 4 rings (SSSR count). The minimum absolute atomic E-state index is 0.0751. The average molecular weight is 579 g/mol. The maximum atomic E-state index is 12.8. The van der Waals surface area contributed by atoms with E-state index in [1.54, 1.807) is 55.5 Å². The van der Waals surface area contributed by atoms with Gasteiger partial charge in [0.05, 0.1) is 17.2 Å². The molecular weight excluding hydrogens is 548 g/mol. The van der Waals surface area contributed by atoms with Gasteiger partial charge in [0.2, 0.25) is 0 Å². The molecule has 0 aromatic heterocycles. The number of ketones is 1. The lowest BCUT2D eigenvalue weighted by Gasteiger charge is -2.18. The predicted octanol–water partition coefficient (Wildman–Crippen LogP) is 5.36. The number of ether oxygens (including phenoxy) is 2. The van der Waals surface area contributed by atoms with Crippen molar-refractivity contribution in [1.29, 1.82) is 0 Å². The van der Waals surface area contributed by atoms with Gasteiger partial charge in [0, 0.05) is 22.1 Å².